The molecule has 0 radical (unpaired) electrons. The number of non-ortho nitro benzene ring substituents is 1. The number of nitrogens with two attached hydrogens (primary N) is 1. The first-order valence-corrected chi connectivity index (χ1v) is 9.25. The summed E-state index contributed by atoms with van der Waals surface area (Å²) in [7, 11) is 2.77. The zero-order chi connectivity index (χ0) is 23.0. The summed E-state index contributed by atoms with van der Waals surface area (Å²) in [6.07, 6.45) is 0. The van der Waals surface area contributed by atoms with E-state index in [-0.39, 0.29) is 40.3 Å². The number of ether oxygens (including phenoxy) is 3. The van der Waals surface area contributed by atoms with Crippen molar-refractivity contribution >= 4 is 5.69 Å². The standard InChI is InChI=1S/C21H17N5O6/c1-30-14-7-11(8-15(31-2)19(14)27)16-13(9-22)20(23)32-21-17(16)18(24-25-21)10-4-3-5-12(6-10)26(28)29/h3-8,16,27H,23H2,1-2H3,(H,24,25)/t16-/m1/s1. The van der Waals surface area contributed by atoms with Crippen LogP contribution in [0.5, 0.6) is 23.1 Å². The third-order valence-electron chi connectivity index (χ3n) is 5.12. The Hall–Kier alpha value is -4.72. The van der Waals surface area contributed by atoms with Gasteiger partial charge in [0.2, 0.25) is 17.5 Å². The number of nitro benzene ring substituents is 1. The fourth-order valence-electron chi connectivity index (χ4n) is 3.65. The summed E-state index contributed by atoms with van der Waals surface area (Å²) in [4.78, 5) is 10.7. The number of phenols is 1. The molecule has 1 atom stereocenters. The predicted octanol–water partition coefficient (Wildman–Crippen LogP) is 2.93. The zero-order valence-electron chi connectivity index (χ0n) is 16.9. The van der Waals surface area contributed by atoms with Crippen LogP contribution in [0.15, 0.2) is 47.9 Å². The molecule has 0 aliphatic carbocycles. The molecule has 162 valence electrons. The summed E-state index contributed by atoms with van der Waals surface area (Å²) in [5, 5.41) is 38.4. The van der Waals surface area contributed by atoms with Crippen molar-refractivity contribution in [1.29, 1.82) is 5.26 Å². The summed E-state index contributed by atoms with van der Waals surface area (Å²) in [5.41, 5.74) is 7.83. The Bertz CT molecular complexity index is 1280. The first-order valence-electron chi connectivity index (χ1n) is 9.25. The van der Waals surface area contributed by atoms with Crippen molar-refractivity contribution in [3.63, 3.8) is 0 Å². The number of nitriles is 1. The van der Waals surface area contributed by atoms with E-state index >= 15 is 0 Å². The van der Waals surface area contributed by atoms with Gasteiger partial charge in [-0.3, -0.25) is 15.2 Å². The van der Waals surface area contributed by atoms with Crippen LogP contribution in [0.4, 0.5) is 5.69 Å². The molecule has 2 aromatic carbocycles. The molecule has 11 nitrogen and oxygen atoms in total. The Morgan fingerprint density at radius 3 is 2.56 bits per heavy atom. The Labute approximate surface area is 181 Å². The maximum Gasteiger partial charge on any atom is 0.270 e. The number of nitrogens with one attached hydrogen (secondary N) is 1. The lowest BCUT2D eigenvalue weighted by molar-refractivity contribution is -0.384. The molecule has 0 spiro atoms. The molecular formula is C21H17N5O6. The van der Waals surface area contributed by atoms with Gasteiger partial charge in [-0.1, -0.05) is 12.1 Å². The lowest BCUT2D eigenvalue weighted by Crippen LogP contribution is -2.21. The monoisotopic (exact) mass is 435 g/mol. The van der Waals surface area contributed by atoms with E-state index in [9.17, 15) is 20.5 Å². The van der Waals surface area contributed by atoms with Crippen molar-refractivity contribution < 1.29 is 24.2 Å². The predicted molar refractivity (Wildman–Crippen MR) is 111 cm³/mol. The van der Waals surface area contributed by atoms with Crippen LogP contribution in [0.25, 0.3) is 11.3 Å². The molecule has 0 saturated carbocycles. The highest BCUT2D eigenvalue weighted by Crippen LogP contribution is 2.49. The molecular weight excluding hydrogens is 418 g/mol. The third-order valence-corrected chi connectivity index (χ3v) is 5.12. The van der Waals surface area contributed by atoms with Gasteiger partial charge in [-0.2, -0.15) is 5.26 Å². The molecule has 32 heavy (non-hydrogen) atoms. The molecule has 4 N–H and O–H groups in total. The summed E-state index contributed by atoms with van der Waals surface area (Å²) < 4.78 is 16.1. The second-order valence-electron chi connectivity index (χ2n) is 6.82. The van der Waals surface area contributed by atoms with E-state index < -0.39 is 10.8 Å². The molecule has 1 aromatic heterocycles. The van der Waals surface area contributed by atoms with Crippen LogP contribution in [-0.4, -0.2) is 34.4 Å². The van der Waals surface area contributed by atoms with Crippen molar-refractivity contribution in [3.8, 4) is 40.5 Å². The van der Waals surface area contributed by atoms with Crippen LogP contribution in [0.3, 0.4) is 0 Å². The summed E-state index contributed by atoms with van der Waals surface area (Å²) >= 11 is 0. The van der Waals surface area contributed by atoms with Crippen molar-refractivity contribution in [1.82, 2.24) is 10.2 Å². The van der Waals surface area contributed by atoms with Crippen LogP contribution < -0.4 is 19.9 Å². The number of allylic oxidation sites excluding steroid dienone is 1. The number of nitrogens with zero attached hydrogens (tertiary/aromatic N) is 3. The molecule has 11 heteroatoms. The Balaban J connectivity index is 1.98. The highest BCUT2D eigenvalue weighted by Gasteiger charge is 2.36. The van der Waals surface area contributed by atoms with Crippen LogP contribution in [0, 0.1) is 21.4 Å². The molecule has 0 unspecified atom stereocenters. The number of hydrogen-bond acceptors (Lipinski definition) is 9. The Kier molecular flexibility index (Phi) is 5.04. The van der Waals surface area contributed by atoms with Crippen LogP contribution in [-0.2, 0) is 0 Å². The molecule has 0 saturated heterocycles. The Morgan fingerprint density at radius 1 is 1.28 bits per heavy atom. The number of fused-ring (bicyclic) bond motifs is 1. The highest BCUT2D eigenvalue weighted by molar-refractivity contribution is 5.73. The quantitative estimate of drug-likeness (QED) is 0.403. The molecule has 2 heterocycles. The van der Waals surface area contributed by atoms with Crippen LogP contribution in [0.1, 0.15) is 17.0 Å². The average molecular weight is 435 g/mol. The smallest absolute Gasteiger partial charge is 0.270 e. The van der Waals surface area contributed by atoms with Gasteiger partial charge in [-0.25, -0.2) is 0 Å². The van der Waals surface area contributed by atoms with Gasteiger partial charge in [-0.05, 0) is 17.7 Å². The van der Waals surface area contributed by atoms with Gasteiger partial charge in [0, 0.05) is 17.7 Å². The van der Waals surface area contributed by atoms with E-state index in [0.717, 1.165) is 0 Å². The first-order chi connectivity index (χ1) is 15.4. The topological polar surface area (TPSA) is 170 Å². The third kappa shape index (κ3) is 3.20. The minimum Gasteiger partial charge on any atom is -0.502 e. The number of aromatic amines is 1. The number of hydrogen-bond donors (Lipinski definition) is 3. The molecule has 0 fully saturated rings. The average Bonchev–Trinajstić information content (AvgIpc) is 3.21. The van der Waals surface area contributed by atoms with Gasteiger partial charge in [0.25, 0.3) is 5.69 Å². The zero-order valence-corrected chi connectivity index (χ0v) is 16.9. The second-order valence-corrected chi connectivity index (χ2v) is 6.82. The largest absolute Gasteiger partial charge is 0.502 e. The normalized spacial score (nSPS) is 14.8. The lowest BCUT2D eigenvalue weighted by Gasteiger charge is -2.25. The first kappa shape index (κ1) is 20.5. The number of methoxy groups -OCH3 is 2. The molecule has 3 aromatic rings. The van der Waals surface area contributed by atoms with E-state index in [1.54, 1.807) is 24.3 Å². The number of benzene rings is 2. The van der Waals surface area contributed by atoms with Crippen molar-refractivity contribution in [2.45, 2.75) is 5.92 Å². The molecule has 1 aliphatic heterocycles. The van der Waals surface area contributed by atoms with E-state index in [1.165, 1.54) is 26.4 Å². The van der Waals surface area contributed by atoms with E-state index in [4.69, 9.17) is 19.9 Å². The summed E-state index contributed by atoms with van der Waals surface area (Å²) in [6.45, 7) is 0. The molecule has 0 bridgehead atoms. The van der Waals surface area contributed by atoms with E-state index in [0.29, 0.717) is 22.4 Å². The summed E-state index contributed by atoms with van der Waals surface area (Å²) in [5.74, 6) is -0.729. The van der Waals surface area contributed by atoms with Gasteiger partial charge in [0.1, 0.15) is 11.6 Å². The number of aromatic hydroxyl groups is 1. The second kappa shape index (κ2) is 7.84. The van der Waals surface area contributed by atoms with Crippen LogP contribution in [0.2, 0.25) is 0 Å². The number of aromatic nitrogens is 2. The summed E-state index contributed by atoms with van der Waals surface area (Å²) in [6, 6.07) is 11.1. The van der Waals surface area contributed by atoms with Gasteiger partial charge in [0.05, 0.1) is 36.3 Å². The number of phenolic OH excluding ortho intramolecular Hbond substituents is 1. The Morgan fingerprint density at radius 2 is 1.97 bits per heavy atom. The fraction of sp³-hybridized carbons (Fsp3) is 0.143. The maximum atomic E-state index is 11.2. The van der Waals surface area contributed by atoms with Crippen molar-refractivity contribution in [3.05, 3.63) is 69.1 Å². The van der Waals surface area contributed by atoms with Gasteiger partial charge in [0.15, 0.2) is 11.5 Å². The van der Waals surface area contributed by atoms with Crippen LogP contribution >= 0.6 is 0 Å². The number of rotatable bonds is 5. The lowest BCUT2D eigenvalue weighted by atomic mass is 9.82. The van der Waals surface area contributed by atoms with Crippen molar-refractivity contribution in [2.75, 3.05) is 14.2 Å². The minimum absolute atomic E-state index is 0.0976. The highest BCUT2D eigenvalue weighted by atomic mass is 16.6. The number of nitro groups is 1. The number of H-pyrrole nitrogens is 1. The van der Waals surface area contributed by atoms with E-state index in [2.05, 4.69) is 16.3 Å². The maximum absolute atomic E-state index is 11.2. The van der Waals surface area contributed by atoms with Crippen molar-refractivity contribution in [2.24, 2.45) is 5.73 Å². The van der Waals surface area contributed by atoms with Gasteiger partial charge < -0.3 is 25.1 Å². The van der Waals surface area contributed by atoms with Gasteiger partial charge in [-0.15, -0.1) is 5.10 Å². The molecule has 4 rings (SSSR count). The molecule has 1 aliphatic rings. The minimum atomic E-state index is -0.778. The van der Waals surface area contributed by atoms with E-state index in [1.807, 2.05) is 0 Å². The van der Waals surface area contributed by atoms with Gasteiger partial charge >= 0.3 is 0 Å². The SMILES string of the molecule is COc1cc([C@@H]2C(C#N)=C(N)Oc3n[nH]c(-c4cccc([N+](=O)[O-])c4)c32)cc(OC)c1O. The molecule has 0 amide bonds. The fourth-order valence-corrected chi connectivity index (χ4v) is 3.65.